The van der Waals surface area contributed by atoms with Crippen molar-refractivity contribution in [2.75, 3.05) is 0 Å². The average molecular weight is 270 g/mol. The number of nitrogens with zero attached hydrogens (tertiary/aromatic N) is 4. The van der Waals surface area contributed by atoms with Gasteiger partial charge in [-0.3, -0.25) is 10.9 Å². The molecule has 2 atom stereocenters. The van der Waals surface area contributed by atoms with Crippen molar-refractivity contribution in [2.45, 2.75) is 39.0 Å². The maximum Gasteiger partial charge on any atom is 0.176 e. The highest BCUT2D eigenvalue weighted by molar-refractivity contribution is 6.01. The molecular weight excluding hydrogens is 252 g/mol. The van der Waals surface area contributed by atoms with Crippen molar-refractivity contribution in [3.05, 3.63) is 35.4 Å². The molecule has 0 aliphatic carbocycles. The number of aryl methyl sites for hydroxylation is 1. The Hall–Kier alpha value is -2.24. The second-order valence-corrected chi connectivity index (χ2v) is 5.52. The largest absolute Gasteiger partial charge is 0.284 e. The van der Waals surface area contributed by atoms with Crippen LogP contribution < -0.4 is 10.9 Å². The number of rotatable bonds is 1. The van der Waals surface area contributed by atoms with Gasteiger partial charge in [0.25, 0.3) is 0 Å². The number of hydrazone groups is 2. The topological polar surface area (TPSA) is 55.3 Å². The summed E-state index contributed by atoms with van der Waals surface area (Å²) in [7, 11) is 0. The van der Waals surface area contributed by atoms with E-state index in [1.807, 2.05) is 6.92 Å². The highest BCUT2D eigenvalue weighted by Crippen LogP contribution is 2.29. The van der Waals surface area contributed by atoms with Gasteiger partial charge in [0.15, 0.2) is 5.84 Å². The second-order valence-electron chi connectivity index (χ2n) is 5.52. The van der Waals surface area contributed by atoms with Crippen LogP contribution in [-0.4, -0.2) is 34.0 Å². The highest BCUT2D eigenvalue weighted by atomic mass is 15.8. The van der Waals surface area contributed by atoms with Gasteiger partial charge in [0.05, 0.1) is 0 Å². The Bertz CT molecular complexity index is 607. The van der Waals surface area contributed by atoms with Crippen LogP contribution in [0.1, 0.15) is 30.9 Å². The number of hydrogen-bond donors (Lipinski definition) is 2. The quantitative estimate of drug-likeness (QED) is 0.804. The highest BCUT2D eigenvalue weighted by Gasteiger charge is 2.43. The number of hydrazine groups is 1. The molecule has 6 nitrogen and oxygen atoms in total. The molecule has 1 aromatic carbocycles. The number of fused-ring (bicyclic) bond motifs is 3. The molecule has 0 amide bonds. The van der Waals surface area contributed by atoms with E-state index in [0.29, 0.717) is 0 Å². The van der Waals surface area contributed by atoms with Gasteiger partial charge in [0.1, 0.15) is 18.2 Å². The van der Waals surface area contributed by atoms with Gasteiger partial charge in [-0.05, 0) is 32.8 Å². The van der Waals surface area contributed by atoms with Crippen molar-refractivity contribution < 1.29 is 0 Å². The van der Waals surface area contributed by atoms with Gasteiger partial charge in [0.2, 0.25) is 0 Å². The molecule has 2 unspecified atom stereocenters. The summed E-state index contributed by atoms with van der Waals surface area (Å²) in [5, 5.41) is 13.4. The molecule has 1 aromatic rings. The summed E-state index contributed by atoms with van der Waals surface area (Å²) in [6.45, 7) is 4.13. The Labute approximate surface area is 118 Å². The van der Waals surface area contributed by atoms with Gasteiger partial charge >= 0.3 is 0 Å². The molecule has 3 aliphatic heterocycles. The Morgan fingerprint density at radius 3 is 2.60 bits per heavy atom. The van der Waals surface area contributed by atoms with Gasteiger partial charge in [-0.1, -0.05) is 23.8 Å². The first-order chi connectivity index (χ1) is 9.74. The first kappa shape index (κ1) is 11.6. The molecule has 0 saturated carbocycles. The van der Waals surface area contributed by atoms with Crippen LogP contribution in [0, 0.1) is 6.92 Å². The maximum atomic E-state index is 4.55. The summed E-state index contributed by atoms with van der Waals surface area (Å²) in [6.07, 6.45) is 2.59. The lowest BCUT2D eigenvalue weighted by Crippen LogP contribution is -2.61. The van der Waals surface area contributed by atoms with Gasteiger partial charge in [-0.25, -0.2) is 10.0 Å². The molecule has 1 saturated heterocycles. The van der Waals surface area contributed by atoms with Gasteiger partial charge in [0, 0.05) is 5.56 Å². The predicted molar refractivity (Wildman–Crippen MR) is 77.6 cm³/mol. The number of amidine groups is 2. The molecule has 0 radical (unpaired) electrons. The zero-order chi connectivity index (χ0) is 13.7. The van der Waals surface area contributed by atoms with Crippen molar-refractivity contribution in [1.29, 1.82) is 0 Å². The van der Waals surface area contributed by atoms with Crippen molar-refractivity contribution in [3.8, 4) is 0 Å². The molecule has 3 heterocycles. The van der Waals surface area contributed by atoms with Crippen LogP contribution >= 0.6 is 0 Å². The van der Waals surface area contributed by atoms with E-state index in [1.165, 1.54) is 5.56 Å². The normalized spacial score (nSPS) is 27.3. The van der Waals surface area contributed by atoms with Crippen molar-refractivity contribution in [2.24, 2.45) is 10.2 Å². The smallest absolute Gasteiger partial charge is 0.176 e. The molecule has 0 bridgehead atoms. The van der Waals surface area contributed by atoms with Crippen LogP contribution in [0.15, 0.2) is 34.5 Å². The summed E-state index contributed by atoms with van der Waals surface area (Å²) in [5.74, 6) is 1.96. The lowest BCUT2D eigenvalue weighted by molar-refractivity contribution is -0.00425. The lowest BCUT2D eigenvalue weighted by atomic mass is 10.1. The van der Waals surface area contributed by atoms with Crippen LogP contribution in [0.4, 0.5) is 0 Å². The van der Waals surface area contributed by atoms with Crippen molar-refractivity contribution in [1.82, 2.24) is 20.9 Å². The van der Waals surface area contributed by atoms with Crippen LogP contribution in [-0.2, 0) is 0 Å². The van der Waals surface area contributed by atoms with Crippen molar-refractivity contribution in [3.63, 3.8) is 0 Å². The summed E-state index contributed by atoms with van der Waals surface area (Å²) in [5.41, 5.74) is 8.82. The lowest BCUT2D eigenvalue weighted by Gasteiger charge is -2.43. The fourth-order valence-corrected chi connectivity index (χ4v) is 3.12. The molecule has 6 heteroatoms. The number of nitrogens with one attached hydrogen (secondary N) is 2. The second kappa shape index (κ2) is 4.13. The third-order valence-electron chi connectivity index (χ3n) is 4.06. The number of benzene rings is 1. The van der Waals surface area contributed by atoms with E-state index in [2.05, 4.69) is 62.3 Å². The molecular formula is C14H18N6. The molecule has 20 heavy (non-hydrogen) atoms. The predicted octanol–water partition coefficient (Wildman–Crippen LogP) is 1.16. The zero-order valence-electron chi connectivity index (χ0n) is 11.7. The van der Waals surface area contributed by atoms with Gasteiger partial charge < -0.3 is 0 Å². The van der Waals surface area contributed by atoms with Crippen LogP contribution in [0.5, 0.6) is 0 Å². The summed E-state index contributed by atoms with van der Waals surface area (Å²) < 4.78 is 0. The molecule has 3 aliphatic rings. The minimum atomic E-state index is 0.229. The minimum Gasteiger partial charge on any atom is -0.284 e. The van der Waals surface area contributed by atoms with Gasteiger partial charge in [-0.2, -0.15) is 10.2 Å². The van der Waals surface area contributed by atoms with E-state index in [1.54, 1.807) is 0 Å². The van der Waals surface area contributed by atoms with Gasteiger partial charge in [-0.15, -0.1) is 0 Å². The zero-order valence-corrected chi connectivity index (χ0v) is 11.7. The Kier molecular flexibility index (Phi) is 2.39. The summed E-state index contributed by atoms with van der Waals surface area (Å²) in [4.78, 5) is 0. The fraction of sp³-hybridized carbons (Fsp3) is 0.429. The molecule has 1 fully saturated rings. The molecule has 2 N–H and O–H groups in total. The third-order valence-corrected chi connectivity index (χ3v) is 4.06. The molecule has 0 spiro atoms. The van der Waals surface area contributed by atoms with E-state index >= 15 is 0 Å². The molecule has 4 rings (SSSR count). The third kappa shape index (κ3) is 1.57. The van der Waals surface area contributed by atoms with E-state index in [9.17, 15) is 0 Å². The summed E-state index contributed by atoms with van der Waals surface area (Å²) >= 11 is 0. The Morgan fingerprint density at radius 2 is 1.80 bits per heavy atom. The SMILES string of the molecule is CC1=NNC2CCC3NN=C(c4cccc(C)c4)N3N12. The first-order valence-electron chi connectivity index (χ1n) is 7.02. The average Bonchev–Trinajstić information content (AvgIpc) is 3.02. The molecule has 104 valence electrons. The Morgan fingerprint density at radius 1 is 1.05 bits per heavy atom. The molecule has 0 aromatic heterocycles. The first-order valence-corrected chi connectivity index (χ1v) is 7.02. The van der Waals surface area contributed by atoms with Crippen LogP contribution in [0.25, 0.3) is 0 Å². The van der Waals surface area contributed by atoms with Crippen LogP contribution in [0.3, 0.4) is 0 Å². The van der Waals surface area contributed by atoms with E-state index in [-0.39, 0.29) is 12.3 Å². The van der Waals surface area contributed by atoms with E-state index in [4.69, 9.17) is 0 Å². The number of hydrogen-bond acceptors (Lipinski definition) is 6. The fourth-order valence-electron chi connectivity index (χ4n) is 3.12. The Balaban J connectivity index is 1.73. The van der Waals surface area contributed by atoms with Crippen LogP contribution in [0.2, 0.25) is 0 Å². The van der Waals surface area contributed by atoms with E-state index in [0.717, 1.165) is 30.1 Å². The summed E-state index contributed by atoms with van der Waals surface area (Å²) in [6, 6.07) is 8.45. The monoisotopic (exact) mass is 270 g/mol. The standard InChI is InChI=1S/C14H18N6/c1-9-4-3-5-11(8-9)14-18-17-13-7-6-12-16-15-10(2)19(12)20(13)14/h3-5,8,12-13,16-17H,6-7H2,1-2H3. The van der Waals surface area contributed by atoms with E-state index < -0.39 is 0 Å². The minimum absolute atomic E-state index is 0.229. The maximum absolute atomic E-state index is 4.55. The van der Waals surface area contributed by atoms with Crippen molar-refractivity contribution >= 4 is 11.7 Å².